The molecule has 0 saturated heterocycles. The third kappa shape index (κ3) is 6.92. The SMILES string of the molecule is CCNC(=NCC(C)(O)c1ccco1)NCCNS(C)(=O)=O. The fourth-order valence-corrected chi connectivity index (χ4v) is 2.13. The number of furan rings is 1. The van der Waals surface area contributed by atoms with Crippen molar-refractivity contribution in [1.82, 2.24) is 15.4 Å². The van der Waals surface area contributed by atoms with Crippen LogP contribution >= 0.6 is 0 Å². The first-order valence-corrected chi connectivity index (χ1v) is 8.87. The van der Waals surface area contributed by atoms with Crippen molar-refractivity contribution in [2.75, 3.05) is 32.4 Å². The zero-order chi connectivity index (χ0) is 16.6. The maximum atomic E-state index is 11.0. The molecule has 0 aliphatic carbocycles. The first-order valence-electron chi connectivity index (χ1n) is 6.98. The molecule has 1 rings (SSSR count). The Hall–Kier alpha value is -1.58. The van der Waals surface area contributed by atoms with Crippen LogP contribution < -0.4 is 15.4 Å². The molecular weight excluding hydrogens is 308 g/mol. The molecule has 0 amide bonds. The largest absolute Gasteiger partial charge is 0.466 e. The van der Waals surface area contributed by atoms with Crippen LogP contribution in [0.1, 0.15) is 19.6 Å². The highest BCUT2D eigenvalue weighted by Gasteiger charge is 2.25. The highest BCUT2D eigenvalue weighted by Crippen LogP contribution is 2.20. The van der Waals surface area contributed by atoms with Crippen LogP contribution in [0.25, 0.3) is 0 Å². The van der Waals surface area contributed by atoms with Gasteiger partial charge in [0.1, 0.15) is 11.4 Å². The van der Waals surface area contributed by atoms with Crippen molar-refractivity contribution < 1.29 is 17.9 Å². The van der Waals surface area contributed by atoms with Crippen molar-refractivity contribution in [1.29, 1.82) is 0 Å². The summed E-state index contributed by atoms with van der Waals surface area (Å²) in [6.07, 6.45) is 2.60. The molecule has 0 bridgehead atoms. The van der Waals surface area contributed by atoms with Gasteiger partial charge in [-0.2, -0.15) is 0 Å². The van der Waals surface area contributed by atoms with E-state index in [9.17, 15) is 13.5 Å². The minimum atomic E-state index is -3.20. The molecule has 1 unspecified atom stereocenters. The Bertz CT molecular complexity index is 567. The van der Waals surface area contributed by atoms with Crippen molar-refractivity contribution in [3.8, 4) is 0 Å². The van der Waals surface area contributed by atoms with Crippen molar-refractivity contribution in [3.63, 3.8) is 0 Å². The molecule has 8 nitrogen and oxygen atoms in total. The summed E-state index contributed by atoms with van der Waals surface area (Å²) in [5.74, 6) is 0.926. The molecule has 0 aromatic carbocycles. The van der Waals surface area contributed by atoms with E-state index in [1.165, 1.54) is 6.26 Å². The number of rotatable bonds is 8. The summed E-state index contributed by atoms with van der Waals surface area (Å²) in [5, 5.41) is 16.3. The van der Waals surface area contributed by atoms with Crippen LogP contribution in [0.3, 0.4) is 0 Å². The number of nitrogens with zero attached hydrogens (tertiary/aromatic N) is 1. The minimum Gasteiger partial charge on any atom is -0.466 e. The van der Waals surface area contributed by atoms with Crippen LogP contribution in [0.15, 0.2) is 27.8 Å². The molecule has 1 aromatic rings. The fourth-order valence-electron chi connectivity index (χ4n) is 1.66. The lowest BCUT2D eigenvalue weighted by Crippen LogP contribution is -2.42. The van der Waals surface area contributed by atoms with E-state index in [4.69, 9.17) is 4.42 Å². The van der Waals surface area contributed by atoms with Crippen LogP contribution in [0.4, 0.5) is 0 Å². The Labute approximate surface area is 131 Å². The van der Waals surface area contributed by atoms with Crippen LogP contribution in [-0.2, 0) is 15.6 Å². The van der Waals surface area contributed by atoms with Gasteiger partial charge in [0.05, 0.1) is 19.1 Å². The molecule has 0 aliphatic heterocycles. The summed E-state index contributed by atoms with van der Waals surface area (Å²) in [5.41, 5.74) is -1.21. The Morgan fingerprint density at radius 1 is 1.41 bits per heavy atom. The Morgan fingerprint density at radius 3 is 2.68 bits per heavy atom. The number of guanidine groups is 1. The van der Waals surface area contributed by atoms with Crippen molar-refractivity contribution in [2.24, 2.45) is 4.99 Å². The Kier molecular flexibility index (Phi) is 6.85. The maximum absolute atomic E-state index is 11.0. The lowest BCUT2D eigenvalue weighted by atomic mass is 10.0. The summed E-state index contributed by atoms with van der Waals surface area (Å²) in [4.78, 5) is 4.28. The summed E-state index contributed by atoms with van der Waals surface area (Å²) in [6.45, 7) is 4.91. The third-order valence-corrected chi connectivity index (χ3v) is 3.45. The van der Waals surface area contributed by atoms with Gasteiger partial charge in [0.25, 0.3) is 0 Å². The maximum Gasteiger partial charge on any atom is 0.208 e. The molecule has 1 heterocycles. The van der Waals surface area contributed by atoms with Crippen LogP contribution in [0.2, 0.25) is 0 Å². The minimum absolute atomic E-state index is 0.106. The van der Waals surface area contributed by atoms with Gasteiger partial charge in [0, 0.05) is 19.6 Å². The molecule has 0 fully saturated rings. The van der Waals surface area contributed by atoms with E-state index >= 15 is 0 Å². The number of sulfonamides is 1. The molecule has 4 N–H and O–H groups in total. The highest BCUT2D eigenvalue weighted by molar-refractivity contribution is 7.88. The van der Waals surface area contributed by atoms with Gasteiger partial charge in [-0.25, -0.2) is 18.1 Å². The molecule has 126 valence electrons. The zero-order valence-corrected chi connectivity index (χ0v) is 13.9. The topological polar surface area (TPSA) is 116 Å². The lowest BCUT2D eigenvalue weighted by molar-refractivity contribution is 0.0437. The molecule has 0 aliphatic rings. The van der Waals surface area contributed by atoms with Gasteiger partial charge in [-0.15, -0.1) is 0 Å². The normalized spacial score (nSPS) is 15.4. The zero-order valence-electron chi connectivity index (χ0n) is 13.1. The quantitative estimate of drug-likeness (QED) is 0.292. The summed E-state index contributed by atoms with van der Waals surface area (Å²) >= 11 is 0. The van der Waals surface area contributed by atoms with E-state index in [0.29, 0.717) is 24.8 Å². The summed E-state index contributed by atoms with van der Waals surface area (Å²) in [6, 6.07) is 3.39. The monoisotopic (exact) mass is 332 g/mol. The summed E-state index contributed by atoms with van der Waals surface area (Å²) in [7, 11) is -3.20. The molecule has 1 atom stereocenters. The van der Waals surface area contributed by atoms with E-state index in [1.807, 2.05) is 6.92 Å². The van der Waals surface area contributed by atoms with Gasteiger partial charge in [-0.3, -0.25) is 0 Å². The number of aliphatic imine (C=N–C) groups is 1. The van der Waals surface area contributed by atoms with Gasteiger partial charge >= 0.3 is 0 Å². The summed E-state index contributed by atoms with van der Waals surface area (Å²) < 4.78 is 29.5. The Balaban J connectivity index is 2.54. The van der Waals surface area contributed by atoms with Gasteiger partial charge in [0.2, 0.25) is 10.0 Å². The first kappa shape index (κ1) is 18.5. The number of hydrogen-bond acceptors (Lipinski definition) is 5. The molecule has 9 heteroatoms. The highest BCUT2D eigenvalue weighted by atomic mass is 32.2. The predicted octanol–water partition coefficient (Wildman–Crippen LogP) is -0.409. The lowest BCUT2D eigenvalue weighted by Gasteiger charge is -2.19. The van der Waals surface area contributed by atoms with Gasteiger partial charge in [-0.05, 0) is 26.0 Å². The molecule has 0 radical (unpaired) electrons. The van der Waals surface area contributed by atoms with Crippen LogP contribution in [0.5, 0.6) is 0 Å². The van der Waals surface area contributed by atoms with E-state index in [0.717, 1.165) is 6.26 Å². The van der Waals surface area contributed by atoms with Crippen molar-refractivity contribution >= 4 is 16.0 Å². The van der Waals surface area contributed by atoms with Gasteiger partial charge in [-0.1, -0.05) is 0 Å². The van der Waals surface area contributed by atoms with Gasteiger partial charge in [0.15, 0.2) is 5.96 Å². The van der Waals surface area contributed by atoms with Crippen LogP contribution in [0, 0.1) is 0 Å². The molecule has 0 saturated carbocycles. The third-order valence-electron chi connectivity index (χ3n) is 2.72. The van der Waals surface area contributed by atoms with Crippen molar-refractivity contribution in [3.05, 3.63) is 24.2 Å². The predicted molar refractivity (Wildman–Crippen MR) is 85.1 cm³/mol. The van der Waals surface area contributed by atoms with Crippen molar-refractivity contribution in [2.45, 2.75) is 19.4 Å². The fraction of sp³-hybridized carbons (Fsp3) is 0.615. The van der Waals surface area contributed by atoms with E-state index < -0.39 is 15.6 Å². The van der Waals surface area contributed by atoms with Gasteiger partial charge < -0.3 is 20.2 Å². The van der Waals surface area contributed by atoms with E-state index in [2.05, 4.69) is 20.3 Å². The van der Waals surface area contributed by atoms with E-state index in [-0.39, 0.29) is 13.1 Å². The molecule has 22 heavy (non-hydrogen) atoms. The first-order chi connectivity index (χ1) is 10.2. The van der Waals surface area contributed by atoms with Crippen LogP contribution in [-0.4, -0.2) is 51.9 Å². The molecule has 1 aromatic heterocycles. The van der Waals surface area contributed by atoms with E-state index in [1.54, 1.807) is 19.1 Å². The molecular formula is C13H24N4O4S. The second kappa shape index (κ2) is 8.16. The smallest absolute Gasteiger partial charge is 0.208 e. The average Bonchev–Trinajstić information content (AvgIpc) is 2.94. The Morgan fingerprint density at radius 2 is 2.14 bits per heavy atom. The second-order valence-corrected chi connectivity index (χ2v) is 6.87. The molecule has 0 spiro atoms. The standard InChI is InChI=1S/C13H24N4O4S/c1-4-14-12(15-7-8-17-22(3,19)20)16-10-13(2,18)11-6-5-9-21-11/h5-6,9,17-18H,4,7-8,10H2,1-3H3,(H2,14,15,16). The second-order valence-electron chi connectivity index (χ2n) is 5.04. The average molecular weight is 332 g/mol. The number of nitrogens with one attached hydrogen (secondary N) is 3. The number of hydrogen-bond donors (Lipinski definition) is 4. The number of aliphatic hydroxyl groups is 1.